The minimum Gasteiger partial charge on any atom is -0.465 e. The predicted octanol–water partition coefficient (Wildman–Crippen LogP) is 11.2. The number of carbonyl (C=O) groups is 2. The van der Waals surface area contributed by atoms with Gasteiger partial charge in [0.15, 0.2) is 0 Å². The fourth-order valence-electron chi connectivity index (χ4n) is 6.67. The molecule has 0 amide bonds. The van der Waals surface area contributed by atoms with Crippen molar-refractivity contribution in [3.63, 3.8) is 0 Å². The molecule has 0 radical (unpaired) electrons. The van der Waals surface area contributed by atoms with Gasteiger partial charge in [-0.3, -0.25) is 9.59 Å². The highest BCUT2D eigenvalue weighted by atomic mass is 16.5. The van der Waals surface area contributed by atoms with Gasteiger partial charge in [0.1, 0.15) is 0 Å². The zero-order chi connectivity index (χ0) is 30.1. The van der Waals surface area contributed by atoms with E-state index in [-0.39, 0.29) is 17.9 Å². The van der Waals surface area contributed by atoms with Crippen LogP contribution in [0.25, 0.3) is 0 Å². The van der Waals surface area contributed by atoms with E-state index in [1.54, 1.807) is 0 Å². The summed E-state index contributed by atoms with van der Waals surface area (Å²) in [5.74, 6) is 2.42. The van der Waals surface area contributed by atoms with E-state index in [2.05, 4.69) is 34.6 Å². The quantitative estimate of drug-likeness (QED) is 0.0756. The SMILES string of the molecule is CCCCCC[C@H]1CC[C@H](CCCCCCCC(=O)OC[C@H](CC)CCCC)C[C@H]1C(=O)OC[C@H](CC)CCCC. The Kier molecular flexibility index (Phi) is 23.6. The second kappa shape index (κ2) is 25.4. The highest BCUT2D eigenvalue weighted by molar-refractivity contribution is 5.73. The molecule has 1 aliphatic carbocycles. The van der Waals surface area contributed by atoms with Crippen LogP contribution in [-0.4, -0.2) is 25.2 Å². The summed E-state index contributed by atoms with van der Waals surface area (Å²) in [6.45, 7) is 12.3. The van der Waals surface area contributed by atoms with Crippen molar-refractivity contribution in [2.75, 3.05) is 13.2 Å². The molecule has 0 N–H and O–H groups in total. The summed E-state index contributed by atoms with van der Waals surface area (Å²) in [5, 5.41) is 0. The standard InChI is InChI=1S/C37H70O4/c1-6-11-14-19-24-34-27-26-33(28-35(34)37(39)41-30-32(10-5)22-13-8-3)23-18-16-15-17-20-25-36(38)40-29-31(9-4)21-12-7-2/h31-35H,6-30H2,1-5H3/t31-,32-,33+,34+,35-/m1/s1. The van der Waals surface area contributed by atoms with E-state index >= 15 is 0 Å². The highest BCUT2D eigenvalue weighted by Crippen LogP contribution is 2.40. The lowest BCUT2D eigenvalue weighted by Crippen LogP contribution is -2.33. The highest BCUT2D eigenvalue weighted by Gasteiger charge is 2.35. The Morgan fingerprint density at radius 3 is 1.83 bits per heavy atom. The molecule has 0 aliphatic heterocycles. The monoisotopic (exact) mass is 579 g/mol. The molecule has 0 unspecified atom stereocenters. The molecule has 0 aromatic carbocycles. The zero-order valence-corrected chi connectivity index (χ0v) is 28.2. The maximum Gasteiger partial charge on any atom is 0.309 e. The van der Waals surface area contributed by atoms with Crippen molar-refractivity contribution < 1.29 is 19.1 Å². The third kappa shape index (κ3) is 18.3. The lowest BCUT2D eigenvalue weighted by Gasteiger charge is -2.35. The number of ether oxygens (including phenoxy) is 2. The third-order valence-electron chi connectivity index (χ3n) is 9.85. The molecule has 1 rings (SSSR count). The minimum atomic E-state index is -0.0139. The van der Waals surface area contributed by atoms with Crippen LogP contribution in [0.4, 0.5) is 0 Å². The number of hydrogen-bond donors (Lipinski definition) is 0. The lowest BCUT2D eigenvalue weighted by molar-refractivity contribution is -0.154. The molecular formula is C37H70O4. The summed E-state index contributed by atoms with van der Waals surface area (Å²) in [5.41, 5.74) is 0. The molecule has 0 aromatic heterocycles. The molecule has 0 spiro atoms. The van der Waals surface area contributed by atoms with E-state index in [1.807, 2.05) is 0 Å². The molecule has 41 heavy (non-hydrogen) atoms. The average Bonchev–Trinajstić information content (AvgIpc) is 2.99. The summed E-state index contributed by atoms with van der Waals surface area (Å²) in [6.07, 6.45) is 26.7. The van der Waals surface area contributed by atoms with E-state index in [4.69, 9.17) is 9.47 Å². The Balaban J connectivity index is 2.36. The lowest BCUT2D eigenvalue weighted by atomic mass is 9.71. The van der Waals surface area contributed by atoms with Gasteiger partial charge in [0.25, 0.3) is 0 Å². The first kappa shape index (κ1) is 38.0. The first-order valence-corrected chi connectivity index (χ1v) is 18.3. The van der Waals surface area contributed by atoms with Gasteiger partial charge < -0.3 is 9.47 Å². The van der Waals surface area contributed by atoms with Crippen molar-refractivity contribution in [1.29, 1.82) is 0 Å². The first-order valence-electron chi connectivity index (χ1n) is 18.3. The van der Waals surface area contributed by atoms with Crippen LogP contribution in [0, 0.1) is 29.6 Å². The van der Waals surface area contributed by atoms with Gasteiger partial charge in [-0.1, -0.05) is 137 Å². The van der Waals surface area contributed by atoms with Crippen LogP contribution in [0.15, 0.2) is 0 Å². The Bertz CT molecular complexity index is 632. The first-order chi connectivity index (χ1) is 20.0. The molecule has 0 bridgehead atoms. The molecule has 0 aromatic rings. The van der Waals surface area contributed by atoms with Crippen molar-refractivity contribution in [3.8, 4) is 0 Å². The van der Waals surface area contributed by atoms with Crippen LogP contribution in [-0.2, 0) is 19.1 Å². The molecule has 0 heterocycles. The average molecular weight is 579 g/mol. The maximum absolute atomic E-state index is 13.3. The Hall–Kier alpha value is -1.06. The van der Waals surface area contributed by atoms with Crippen molar-refractivity contribution >= 4 is 11.9 Å². The fourth-order valence-corrected chi connectivity index (χ4v) is 6.67. The van der Waals surface area contributed by atoms with Crippen LogP contribution in [0.3, 0.4) is 0 Å². The Morgan fingerprint density at radius 1 is 0.634 bits per heavy atom. The van der Waals surface area contributed by atoms with Gasteiger partial charge in [-0.15, -0.1) is 0 Å². The van der Waals surface area contributed by atoms with E-state index in [0.29, 0.717) is 43.3 Å². The van der Waals surface area contributed by atoms with Crippen LogP contribution in [0.1, 0.15) is 182 Å². The van der Waals surface area contributed by atoms with Gasteiger partial charge in [0.05, 0.1) is 19.1 Å². The summed E-state index contributed by atoms with van der Waals surface area (Å²) in [6, 6.07) is 0. The number of rotatable bonds is 26. The predicted molar refractivity (Wildman–Crippen MR) is 174 cm³/mol. The van der Waals surface area contributed by atoms with Crippen molar-refractivity contribution in [1.82, 2.24) is 0 Å². The van der Waals surface area contributed by atoms with Gasteiger partial charge in [-0.25, -0.2) is 0 Å². The van der Waals surface area contributed by atoms with Crippen LogP contribution >= 0.6 is 0 Å². The zero-order valence-electron chi connectivity index (χ0n) is 28.2. The van der Waals surface area contributed by atoms with Crippen LogP contribution in [0.5, 0.6) is 0 Å². The Morgan fingerprint density at radius 2 is 1.20 bits per heavy atom. The molecule has 0 saturated heterocycles. The van der Waals surface area contributed by atoms with E-state index in [1.165, 1.54) is 109 Å². The largest absolute Gasteiger partial charge is 0.465 e. The van der Waals surface area contributed by atoms with Gasteiger partial charge in [-0.05, 0) is 62.2 Å². The second-order valence-corrected chi connectivity index (χ2v) is 13.3. The molecule has 242 valence electrons. The third-order valence-corrected chi connectivity index (χ3v) is 9.85. The number of carbonyl (C=O) groups excluding carboxylic acids is 2. The fraction of sp³-hybridized carbons (Fsp3) is 0.946. The number of unbranched alkanes of at least 4 members (excludes halogenated alkanes) is 9. The van der Waals surface area contributed by atoms with Crippen molar-refractivity contribution in [3.05, 3.63) is 0 Å². The number of hydrogen-bond acceptors (Lipinski definition) is 4. The van der Waals surface area contributed by atoms with E-state index in [0.717, 1.165) is 32.1 Å². The smallest absolute Gasteiger partial charge is 0.309 e. The minimum absolute atomic E-state index is 0.0139. The molecule has 1 aliphatic rings. The number of esters is 2. The van der Waals surface area contributed by atoms with Crippen LogP contribution < -0.4 is 0 Å². The normalized spacial score (nSPS) is 20.5. The summed E-state index contributed by atoms with van der Waals surface area (Å²) >= 11 is 0. The van der Waals surface area contributed by atoms with Crippen molar-refractivity contribution in [2.24, 2.45) is 29.6 Å². The van der Waals surface area contributed by atoms with Gasteiger partial charge in [0.2, 0.25) is 0 Å². The van der Waals surface area contributed by atoms with E-state index < -0.39 is 0 Å². The molecule has 4 nitrogen and oxygen atoms in total. The maximum atomic E-state index is 13.3. The van der Waals surface area contributed by atoms with Gasteiger partial charge in [-0.2, -0.15) is 0 Å². The molecule has 4 heteroatoms. The molecular weight excluding hydrogens is 508 g/mol. The molecule has 1 fully saturated rings. The van der Waals surface area contributed by atoms with E-state index in [9.17, 15) is 9.59 Å². The second-order valence-electron chi connectivity index (χ2n) is 13.3. The Labute approximate surface area is 255 Å². The van der Waals surface area contributed by atoms with Crippen LogP contribution in [0.2, 0.25) is 0 Å². The van der Waals surface area contributed by atoms with Gasteiger partial charge >= 0.3 is 11.9 Å². The summed E-state index contributed by atoms with van der Waals surface area (Å²) in [7, 11) is 0. The summed E-state index contributed by atoms with van der Waals surface area (Å²) in [4.78, 5) is 25.5. The van der Waals surface area contributed by atoms with Gasteiger partial charge in [0, 0.05) is 6.42 Å². The summed E-state index contributed by atoms with van der Waals surface area (Å²) < 4.78 is 11.6. The topological polar surface area (TPSA) is 52.6 Å². The molecule has 5 atom stereocenters. The van der Waals surface area contributed by atoms with Crippen molar-refractivity contribution in [2.45, 2.75) is 182 Å². The molecule has 1 saturated carbocycles.